The second-order valence-corrected chi connectivity index (χ2v) is 5.64. The molecule has 0 radical (unpaired) electrons. The van der Waals surface area contributed by atoms with Crippen LogP contribution in [0.4, 0.5) is 27.7 Å². The third kappa shape index (κ3) is 4.67. The summed E-state index contributed by atoms with van der Waals surface area (Å²) in [5.74, 6) is 0.471. The average Bonchev–Trinajstić information content (AvgIpc) is 2.64. The van der Waals surface area contributed by atoms with Crippen molar-refractivity contribution < 1.29 is 9.59 Å². The van der Waals surface area contributed by atoms with Gasteiger partial charge < -0.3 is 10.6 Å². The summed E-state index contributed by atoms with van der Waals surface area (Å²) in [4.78, 5) is 27.4. The molecule has 3 N–H and O–H groups in total. The number of Topliss-reactive ketones (excluding diaryl/α,β-unsaturated/α-hetero) is 1. The van der Waals surface area contributed by atoms with Crippen molar-refractivity contribution in [2.45, 2.75) is 6.92 Å². The third-order valence-electron chi connectivity index (χ3n) is 3.62. The molecular formula is C20H18N4O2. The van der Waals surface area contributed by atoms with Crippen molar-refractivity contribution in [2.24, 2.45) is 0 Å². The molecule has 6 nitrogen and oxygen atoms in total. The second-order valence-electron chi connectivity index (χ2n) is 5.64. The van der Waals surface area contributed by atoms with Gasteiger partial charge in [0.2, 0.25) is 0 Å². The lowest BCUT2D eigenvalue weighted by Crippen LogP contribution is -2.19. The van der Waals surface area contributed by atoms with Gasteiger partial charge in [0.1, 0.15) is 5.82 Å². The molecule has 0 unspecified atom stereocenters. The van der Waals surface area contributed by atoms with Gasteiger partial charge in [-0.25, -0.2) is 9.78 Å². The molecule has 130 valence electrons. The van der Waals surface area contributed by atoms with E-state index < -0.39 is 0 Å². The summed E-state index contributed by atoms with van der Waals surface area (Å²) >= 11 is 0. The van der Waals surface area contributed by atoms with Crippen LogP contribution in [-0.4, -0.2) is 16.8 Å². The van der Waals surface area contributed by atoms with Crippen LogP contribution in [0.3, 0.4) is 0 Å². The SMILES string of the molecule is CC(=O)c1ccc(Nc2ccc(NC(=O)Nc3ccccc3)nc2)cc1. The van der Waals surface area contributed by atoms with Crippen LogP contribution in [-0.2, 0) is 0 Å². The van der Waals surface area contributed by atoms with Gasteiger partial charge in [-0.3, -0.25) is 10.1 Å². The lowest BCUT2D eigenvalue weighted by atomic mass is 10.1. The number of ketones is 1. The summed E-state index contributed by atoms with van der Waals surface area (Å²) in [6.45, 7) is 1.53. The summed E-state index contributed by atoms with van der Waals surface area (Å²) in [6, 6.07) is 19.5. The molecule has 2 aromatic carbocycles. The van der Waals surface area contributed by atoms with E-state index in [-0.39, 0.29) is 11.8 Å². The van der Waals surface area contributed by atoms with Gasteiger partial charge in [0.25, 0.3) is 0 Å². The zero-order valence-corrected chi connectivity index (χ0v) is 14.2. The molecule has 0 aliphatic heterocycles. The van der Waals surface area contributed by atoms with Gasteiger partial charge in [0.15, 0.2) is 5.78 Å². The predicted molar refractivity (Wildman–Crippen MR) is 103 cm³/mol. The first-order valence-corrected chi connectivity index (χ1v) is 8.07. The highest BCUT2D eigenvalue weighted by Crippen LogP contribution is 2.18. The highest BCUT2D eigenvalue weighted by Gasteiger charge is 2.04. The number of hydrogen-bond acceptors (Lipinski definition) is 4. The van der Waals surface area contributed by atoms with Crippen molar-refractivity contribution in [3.05, 3.63) is 78.5 Å². The molecule has 26 heavy (non-hydrogen) atoms. The van der Waals surface area contributed by atoms with Crippen LogP contribution in [0.5, 0.6) is 0 Å². The molecule has 0 atom stereocenters. The number of nitrogens with zero attached hydrogens (tertiary/aromatic N) is 1. The van der Waals surface area contributed by atoms with Crippen molar-refractivity contribution >= 4 is 34.7 Å². The number of carbonyl (C=O) groups is 2. The van der Waals surface area contributed by atoms with Crippen LogP contribution in [0.25, 0.3) is 0 Å². The lowest BCUT2D eigenvalue weighted by molar-refractivity contribution is 0.101. The fourth-order valence-electron chi connectivity index (χ4n) is 2.30. The highest BCUT2D eigenvalue weighted by molar-refractivity contribution is 5.99. The molecule has 1 heterocycles. The normalized spacial score (nSPS) is 10.0. The first kappa shape index (κ1) is 17.2. The number of carbonyl (C=O) groups excluding carboxylic acids is 2. The van der Waals surface area contributed by atoms with E-state index in [2.05, 4.69) is 20.9 Å². The molecule has 0 aliphatic carbocycles. The summed E-state index contributed by atoms with van der Waals surface area (Å²) in [5.41, 5.74) is 2.99. The Kier molecular flexibility index (Phi) is 5.24. The first-order valence-electron chi connectivity index (χ1n) is 8.07. The van der Waals surface area contributed by atoms with Gasteiger partial charge in [0.05, 0.1) is 11.9 Å². The summed E-state index contributed by atoms with van der Waals surface area (Å²) in [5, 5.41) is 8.59. The molecule has 3 rings (SSSR count). The number of anilines is 4. The largest absolute Gasteiger partial charge is 0.354 e. The Morgan fingerprint density at radius 3 is 2.08 bits per heavy atom. The fraction of sp³-hybridized carbons (Fsp3) is 0.0500. The van der Waals surface area contributed by atoms with Crippen LogP contribution in [0.2, 0.25) is 0 Å². The van der Waals surface area contributed by atoms with Crippen molar-refractivity contribution in [1.29, 1.82) is 0 Å². The van der Waals surface area contributed by atoms with Gasteiger partial charge in [-0.2, -0.15) is 0 Å². The Morgan fingerprint density at radius 2 is 1.46 bits per heavy atom. The Morgan fingerprint density at radius 1 is 0.769 bits per heavy atom. The smallest absolute Gasteiger partial charge is 0.324 e. The Labute approximate surface area is 151 Å². The van der Waals surface area contributed by atoms with Crippen LogP contribution >= 0.6 is 0 Å². The number of para-hydroxylation sites is 1. The number of benzene rings is 2. The van der Waals surface area contributed by atoms with Crippen LogP contribution < -0.4 is 16.0 Å². The van der Waals surface area contributed by atoms with Crippen molar-refractivity contribution in [3.8, 4) is 0 Å². The van der Waals surface area contributed by atoms with E-state index in [0.717, 1.165) is 11.4 Å². The molecule has 0 saturated heterocycles. The van der Waals surface area contributed by atoms with E-state index in [0.29, 0.717) is 17.1 Å². The number of rotatable bonds is 5. The van der Waals surface area contributed by atoms with Crippen LogP contribution in [0, 0.1) is 0 Å². The van der Waals surface area contributed by atoms with Gasteiger partial charge in [-0.1, -0.05) is 18.2 Å². The van der Waals surface area contributed by atoms with Crippen molar-refractivity contribution in [2.75, 3.05) is 16.0 Å². The summed E-state index contributed by atoms with van der Waals surface area (Å²) < 4.78 is 0. The van der Waals surface area contributed by atoms with E-state index in [9.17, 15) is 9.59 Å². The molecule has 0 spiro atoms. The summed E-state index contributed by atoms with van der Waals surface area (Å²) in [6.07, 6.45) is 1.62. The molecule has 0 saturated carbocycles. The predicted octanol–water partition coefficient (Wildman–Crippen LogP) is 4.67. The van der Waals surface area contributed by atoms with Gasteiger partial charge in [-0.15, -0.1) is 0 Å². The van der Waals surface area contributed by atoms with Gasteiger partial charge in [0, 0.05) is 16.9 Å². The highest BCUT2D eigenvalue weighted by atomic mass is 16.2. The number of pyridine rings is 1. The average molecular weight is 346 g/mol. The molecule has 6 heteroatoms. The van der Waals surface area contributed by atoms with E-state index in [1.54, 1.807) is 36.5 Å². The quantitative estimate of drug-likeness (QED) is 0.586. The topological polar surface area (TPSA) is 83.1 Å². The second kappa shape index (κ2) is 7.94. The monoisotopic (exact) mass is 346 g/mol. The maximum atomic E-state index is 11.9. The third-order valence-corrected chi connectivity index (χ3v) is 3.62. The minimum atomic E-state index is -0.357. The molecule has 0 fully saturated rings. The standard InChI is InChI=1S/C20H18N4O2/c1-14(25)15-7-9-17(10-8-15)22-18-11-12-19(21-13-18)24-20(26)23-16-5-3-2-4-6-16/h2-13,22H,1H3,(H2,21,23,24,26). The minimum Gasteiger partial charge on any atom is -0.354 e. The van der Waals surface area contributed by atoms with E-state index >= 15 is 0 Å². The zero-order valence-electron chi connectivity index (χ0n) is 14.2. The molecule has 1 aromatic heterocycles. The molecule has 0 aliphatic rings. The fourth-order valence-corrected chi connectivity index (χ4v) is 2.30. The summed E-state index contributed by atoms with van der Waals surface area (Å²) in [7, 11) is 0. The molecule has 2 amide bonds. The lowest BCUT2D eigenvalue weighted by Gasteiger charge is -2.09. The maximum Gasteiger partial charge on any atom is 0.324 e. The van der Waals surface area contributed by atoms with E-state index in [1.165, 1.54) is 6.92 Å². The van der Waals surface area contributed by atoms with Crippen LogP contribution in [0.15, 0.2) is 72.9 Å². The first-order chi connectivity index (χ1) is 12.6. The van der Waals surface area contributed by atoms with Gasteiger partial charge in [-0.05, 0) is 55.5 Å². The molecule has 3 aromatic rings. The minimum absolute atomic E-state index is 0.0300. The molecule has 0 bridgehead atoms. The Bertz CT molecular complexity index is 891. The van der Waals surface area contributed by atoms with E-state index in [1.807, 2.05) is 36.4 Å². The number of hydrogen-bond donors (Lipinski definition) is 3. The maximum absolute atomic E-state index is 11.9. The number of urea groups is 1. The van der Waals surface area contributed by atoms with Crippen molar-refractivity contribution in [3.63, 3.8) is 0 Å². The van der Waals surface area contributed by atoms with Crippen molar-refractivity contribution in [1.82, 2.24) is 4.98 Å². The van der Waals surface area contributed by atoms with Crippen LogP contribution in [0.1, 0.15) is 17.3 Å². The zero-order chi connectivity index (χ0) is 18.4. The molecular weight excluding hydrogens is 328 g/mol. The van der Waals surface area contributed by atoms with Gasteiger partial charge >= 0.3 is 6.03 Å². The Hall–Kier alpha value is -3.67. The number of nitrogens with one attached hydrogen (secondary N) is 3. The Balaban J connectivity index is 1.57. The number of amides is 2. The van der Waals surface area contributed by atoms with E-state index in [4.69, 9.17) is 0 Å². The number of aromatic nitrogens is 1.